The average molecular weight is 262 g/mol. The Hall–Kier alpha value is -1.75. The maximum atomic E-state index is 12.1. The third kappa shape index (κ3) is 2.92. The summed E-state index contributed by atoms with van der Waals surface area (Å²) >= 11 is 0. The number of hydrogen-bond donors (Lipinski definition) is 0. The zero-order chi connectivity index (χ0) is 13.2. The third-order valence-corrected chi connectivity index (χ3v) is 3.99. The van der Waals surface area contributed by atoms with E-state index in [-0.39, 0.29) is 10.9 Å². The Balaban J connectivity index is 2.27. The normalized spacial score (nSPS) is 11.4. The molecule has 0 saturated heterocycles. The summed E-state index contributed by atoms with van der Waals surface area (Å²) in [7, 11) is -3.47. The standard InChI is InChI=1S/C13H14N2O2S/c1-10-3-5-12(6-4-10)9-18(16,17)13-14-7-11(2)8-15-13/h3-8H,9H2,1-2H3. The number of rotatable bonds is 3. The van der Waals surface area contributed by atoms with E-state index < -0.39 is 9.84 Å². The first kappa shape index (κ1) is 12.7. The van der Waals surface area contributed by atoms with Crippen LogP contribution < -0.4 is 0 Å². The maximum absolute atomic E-state index is 12.1. The Bertz CT molecular complexity index is 632. The second-order valence-corrected chi connectivity index (χ2v) is 6.17. The summed E-state index contributed by atoms with van der Waals surface area (Å²) in [6.07, 6.45) is 3.02. The van der Waals surface area contributed by atoms with Gasteiger partial charge in [-0.25, -0.2) is 18.4 Å². The molecule has 1 heterocycles. The molecule has 0 saturated carbocycles. The quantitative estimate of drug-likeness (QED) is 0.794. The lowest BCUT2D eigenvalue weighted by Crippen LogP contribution is -2.09. The van der Waals surface area contributed by atoms with Crippen molar-refractivity contribution in [2.24, 2.45) is 0 Å². The summed E-state index contributed by atoms with van der Waals surface area (Å²) < 4.78 is 24.1. The van der Waals surface area contributed by atoms with Crippen LogP contribution in [0.15, 0.2) is 41.8 Å². The van der Waals surface area contributed by atoms with Gasteiger partial charge in [-0.2, -0.15) is 0 Å². The Morgan fingerprint density at radius 1 is 0.944 bits per heavy atom. The molecule has 0 aliphatic heterocycles. The molecule has 0 spiro atoms. The molecule has 1 aromatic carbocycles. The Morgan fingerprint density at radius 2 is 1.50 bits per heavy atom. The van der Waals surface area contributed by atoms with E-state index in [0.29, 0.717) is 0 Å². The van der Waals surface area contributed by atoms with Gasteiger partial charge in [0.25, 0.3) is 0 Å². The molecular formula is C13H14N2O2S. The molecule has 18 heavy (non-hydrogen) atoms. The molecule has 0 amide bonds. The van der Waals surface area contributed by atoms with E-state index >= 15 is 0 Å². The van der Waals surface area contributed by atoms with Crippen LogP contribution in [0.3, 0.4) is 0 Å². The van der Waals surface area contributed by atoms with Crippen molar-refractivity contribution >= 4 is 9.84 Å². The molecule has 0 atom stereocenters. The van der Waals surface area contributed by atoms with Crippen molar-refractivity contribution in [1.29, 1.82) is 0 Å². The largest absolute Gasteiger partial charge is 0.247 e. The van der Waals surface area contributed by atoms with Gasteiger partial charge in [-0.1, -0.05) is 29.8 Å². The minimum Gasteiger partial charge on any atom is -0.227 e. The summed E-state index contributed by atoms with van der Waals surface area (Å²) in [5, 5.41) is -0.117. The SMILES string of the molecule is Cc1ccc(CS(=O)(=O)c2ncc(C)cn2)cc1. The molecule has 0 unspecified atom stereocenters. The van der Waals surface area contributed by atoms with E-state index in [1.54, 1.807) is 12.1 Å². The van der Waals surface area contributed by atoms with Crippen LogP contribution in [0, 0.1) is 13.8 Å². The van der Waals surface area contributed by atoms with E-state index in [9.17, 15) is 8.42 Å². The van der Waals surface area contributed by atoms with Gasteiger partial charge in [0.05, 0.1) is 5.75 Å². The topological polar surface area (TPSA) is 59.9 Å². The van der Waals surface area contributed by atoms with Crippen molar-refractivity contribution < 1.29 is 8.42 Å². The van der Waals surface area contributed by atoms with Crippen molar-refractivity contribution in [3.63, 3.8) is 0 Å². The highest BCUT2D eigenvalue weighted by Crippen LogP contribution is 2.13. The zero-order valence-electron chi connectivity index (χ0n) is 10.3. The third-order valence-electron chi connectivity index (χ3n) is 2.51. The highest BCUT2D eigenvalue weighted by Gasteiger charge is 2.18. The molecule has 0 aliphatic carbocycles. The van der Waals surface area contributed by atoms with E-state index in [0.717, 1.165) is 16.7 Å². The number of sulfone groups is 1. The zero-order valence-corrected chi connectivity index (χ0v) is 11.1. The summed E-state index contributed by atoms with van der Waals surface area (Å²) in [5.74, 6) is -0.0731. The molecule has 1 aromatic heterocycles. The van der Waals surface area contributed by atoms with Gasteiger partial charge in [-0.3, -0.25) is 0 Å². The van der Waals surface area contributed by atoms with Crippen LogP contribution in [0.2, 0.25) is 0 Å². The Kier molecular flexibility index (Phi) is 3.43. The fourth-order valence-electron chi connectivity index (χ4n) is 1.51. The first-order chi connectivity index (χ1) is 8.47. The second-order valence-electron chi connectivity index (χ2n) is 4.29. The number of nitrogens with zero attached hydrogens (tertiary/aromatic N) is 2. The fourth-order valence-corrected chi connectivity index (χ4v) is 2.70. The minimum atomic E-state index is -3.47. The molecule has 4 nitrogen and oxygen atoms in total. The summed E-state index contributed by atoms with van der Waals surface area (Å²) in [5.41, 5.74) is 2.68. The fraction of sp³-hybridized carbons (Fsp3) is 0.231. The van der Waals surface area contributed by atoms with Crippen LogP contribution in [-0.4, -0.2) is 18.4 Å². The van der Waals surface area contributed by atoms with Crippen molar-refractivity contribution in [2.45, 2.75) is 24.8 Å². The van der Waals surface area contributed by atoms with E-state index in [4.69, 9.17) is 0 Å². The predicted octanol–water partition coefficient (Wildman–Crippen LogP) is 2.07. The molecule has 2 aromatic rings. The molecule has 0 N–H and O–H groups in total. The first-order valence-corrected chi connectivity index (χ1v) is 7.19. The molecule has 0 bridgehead atoms. The van der Waals surface area contributed by atoms with Gasteiger partial charge in [0.1, 0.15) is 0 Å². The van der Waals surface area contributed by atoms with Crippen LogP contribution in [0.25, 0.3) is 0 Å². The number of aromatic nitrogens is 2. The monoisotopic (exact) mass is 262 g/mol. The number of aryl methyl sites for hydroxylation is 2. The lowest BCUT2D eigenvalue weighted by atomic mass is 10.2. The predicted molar refractivity (Wildman–Crippen MR) is 68.8 cm³/mol. The van der Waals surface area contributed by atoms with Crippen molar-refractivity contribution in [3.8, 4) is 0 Å². The summed E-state index contributed by atoms with van der Waals surface area (Å²) in [6, 6.07) is 7.39. The minimum absolute atomic E-state index is 0.0731. The van der Waals surface area contributed by atoms with Gasteiger partial charge in [0, 0.05) is 12.4 Å². The lowest BCUT2D eigenvalue weighted by Gasteiger charge is -2.03. The van der Waals surface area contributed by atoms with Gasteiger partial charge in [-0.15, -0.1) is 0 Å². The van der Waals surface area contributed by atoms with Crippen LogP contribution in [0.4, 0.5) is 0 Å². The van der Waals surface area contributed by atoms with Crippen LogP contribution in [0.5, 0.6) is 0 Å². The van der Waals surface area contributed by atoms with Crippen molar-refractivity contribution in [3.05, 3.63) is 53.3 Å². The maximum Gasteiger partial charge on any atom is 0.247 e. The summed E-state index contributed by atoms with van der Waals surface area (Å²) in [4.78, 5) is 7.73. The molecule has 0 radical (unpaired) electrons. The van der Waals surface area contributed by atoms with E-state index in [1.807, 2.05) is 26.0 Å². The van der Waals surface area contributed by atoms with Crippen molar-refractivity contribution in [1.82, 2.24) is 9.97 Å². The van der Waals surface area contributed by atoms with Crippen LogP contribution in [-0.2, 0) is 15.6 Å². The molecule has 0 fully saturated rings. The molecule has 94 valence electrons. The smallest absolute Gasteiger partial charge is 0.227 e. The van der Waals surface area contributed by atoms with Gasteiger partial charge in [0.2, 0.25) is 15.0 Å². The van der Waals surface area contributed by atoms with E-state index in [1.165, 1.54) is 12.4 Å². The highest BCUT2D eigenvalue weighted by molar-refractivity contribution is 7.90. The summed E-state index contributed by atoms with van der Waals surface area (Å²) in [6.45, 7) is 3.78. The van der Waals surface area contributed by atoms with Gasteiger partial charge in [-0.05, 0) is 25.0 Å². The Morgan fingerprint density at radius 3 is 2.06 bits per heavy atom. The number of hydrogen-bond acceptors (Lipinski definition) is 4. The van der Waals surface area contributed by atoms with Gasteiger partial charge in [0.15, 0.2) is 0 Å². The number of benzene rings is 1. The molecular weight excluding hydrogens is 248 g/mol. The first-order valence-electron chi connectivity index (χ1n) is 5.54. The lowest BCUT2D eigenvalue weighted by molar-refractivity contribution is 0.586. The van der Waals surface area contributed by atoms with Crippen molar-refractivity contribution in [2.75, 3.05) is 0 Å². The molecule has 0 aliphatic rings. The molecule has 2 rings (SSSR count). The highest BCUT2D eigenvalue weighted by atomic mass is 32.2. The van der Waals surface area contributed by atoms with Gasteiger partial charge >= 0.3 is 0 Å². The van der Waals surface area contributed by atoms with Gasteiger partial charge < -0.3 is 0 Å². The van der Waals surface area contributed by atoms with E-state index in [2.05, 4.69) is 9.97 Å². The second kappa shape index (κ2) is 4.86. The molecule has 5 heteroatoms. The Labute approximate surface area is 107 Å². The average Bonchev–Trinajstić information content (AvgIpc) is 2.32. The van der Waals surface area contributed by atoms with Crippen LogP contribution in [0.1, 0.15) is 16.7 Å². The van der Waals surface area contributed by atoms with Crippen LogP contribution >= 0.6 is 0 Å².